The number of hydrogen-bond acceptors (Lipinski definition) is 3. The lowest BCUT2D eigenvalue weighted by atomic mass is 9.90. The first-order chi connectivity index (χ1) is 14.5. The molecule has 0 aromatic heterocycles. The van der Waals surface area contributed by atoms with Gasteiger partial charge in [-0.2, -0.15) is 0 Å². The van der Waals surface area contributed by atoms with Gasteiger partial charge in [0.2, 0.25) is 11.8 Å². The van der Waals surface area contributed by atoms with Gasteiger partial charge in [-0.05, 0) is 64.2 Å². The maximum atomic E-state index is 13.8. The number of likely N-dealkylation sites (tertiary alicyclic amines) is 1. The van der Waals surface area contributed by atoms with E-state index in [0.717, 1.165) is 5.56 Å². The lowest BCUT2D eigenvalue weighted by molar-refractivity contribution is -0.142. The minimum Gasteiger partial charge on any atom is -0.444 e. The van der Waals surface area contributed by atoms with Gasteiger partial charge in [-0.15, -0.1) is 0 Å². The lowest BCUT2D eigenvalue weighted by Gasteiger charge is -2.39. The Labute approximate surface area is 187 Å². The van der Waals surface area contributed by atoms with Crippen molar-refractivity contribution in [3.63, 3.8) is 0 Å². The molecule has 0 bridgehead atoms. The summed E-state index contributed by atoms with van der Waals surface area (Å²) in [5.74, 6) is -2.88. The summed E-state index contributed by atoms with van der Waals surface area (Å²) < 4.78 is 33.0. The van der Waals surface area contributed by atoms with Crippen LogP contribution in [0.2, 0.25) is 5.02 Å². The van der Waals surface area contributed by atoms with Gasteiger partial charge >= 0.3 is 6.09 Å². The van der Waals surface area contributed by atoms with Crippen LogP contribution in [0.25, 0.3) is 0 Å². The number of carbonyl (C=O) groups excluding carboxylic acids is 2. The Bertz CT molecular complexity index is 785. The zero-order chi connectivity index (χ0) is 22.8. The van der Waals surface area contributed by atoms with Gasteiger partial charge in [0, 0.05) is 37.0 Å². The molecule has 31 heavy (non-hydrogen) atoms. The highest BCUT2D eigenvalue weighted by molar-refractivity contribution is 6.30. The molecule has 1 aromatic rings. The second-order valence-corrected chi connectivity index (χ2v) is 9.95. The number of amides is 2. The van der Waals surface area contributed by atoms with Crippen molar-refractivity contribution in [3.05, 3.63) is 34.9 Å². The van der Waals surface area contributed by atoms with Gasteiger partial charge in [-0.1, -0.05) is 23.7 Å². The van der Waals surface area contributed by atoms with Crippen molar-refractivity contribution in [2.45, 2.75) is 89.4 Å². The van der Waals surface area contributed by atoms with Crippen LogP contribution >= 0.6 is 11.6 Å². The molecule has 1 saturated heterocycles. The van der Waals surface area contributed by atoms with Crippen LogP contribution in [0.4, 0.5) is 13.6 Å². The van der Waals surface area contributed by atoms with Crippen molar-refractivity contribution in [1.29, 1.82) is 0 Å². The third kappa shape index (κ3) is 6.31. The van der Waals surface area contributed by atoms with Crippen molar-refractivity contribution in [1.82, 2.24) is 9.80 Å². The highest BCUT2D eigenvalue weighted by Gasteiger charge is 2.43. The van der Waals surface area contributed by atoms with E-state index in [1.165, 1.54) is 4.90 Å². The molecule has 8 heteroatoms. The predicted molar refractivity (Wildman–Crippen MR) is 115 cm³/mol. The Kier molecular flexibility index (Phi) is 7.14. The number of rotatable bonds is 4. The molecule has 172 valence electrons. The molecule has 0 spiro atoms. The van der Waals surface area contributed by atoms with Gasteiger partial charge in [-0.3, -0.25) is 9.69 Å². The van der Waals surface area contributed by atoms with Crippen LogP contribution in [0.15, 0.2) is 24.3 Å². The van der Waals surface area contributed by atoms with Crippen molar-refractivity contribution >= 4 is 23.6 Å². The second-order valence-electron chi connectivity index (χ2n) is 9.51. The van der Waals surface area contributed by atoms with Gasteiger partial charge in [-0.25, -0.2) is 13.6 Å². The van der Waals surface area contributed by atoms with E-state index in [9.17, 15) is 18.4 Å². The molecule has 2 amide bonds. The number of ether oxygens (including phenoxy) is 1. The van der Waals surface area contributed by atoms with E-state index in [-0.39, 0.29) is 37.6 Å². The van der Waals surface area contributed by atoms with Crippen LogP contribution in [-0.4, -0.2) is 52.0 Å². The van der Waals surface area contributed by atoms with Gasteiger partial charge in [0.25, 0.3) is 0 Å². The van der Waals surface area contributed by atoms with E-state index in [2.05, 4.69) is 0 Å². The summed E-state index contributed by atoms with van der Waals surface area (Å²) in [4.78, 5) is 29.5. The zero-order valence-corrected chi connectivity index (χ0v) is 19.1. The molecule has 2 fully saturated rings. The molecular weight excluding hydrogens is 426 g/mol. The molecule has 1 atom stereocenters. The first-order valence-corrected chi connectivity index (χ1v) is 11.3. The first kappa shape index (κ1) is 23.8. The normalized spacial score (nSPS) is 21.7. The molecule has 0 radical (unpaired) electrons. The third-order valence-corrected chi connectivity index (χ3v) is 6.09. The average Bonchev–Trinajstić information content (AvgIpc) is 3.16. The van der Waals surface area contributed by atoms with Gasteiger partial charge < -0.3 is 9.64 Å². The molecule has 0 unspecified atom stereocenters. The van der Waals surface area contributed by atoms with E-state index in [1.54, 1.807) is 37.8 Å². The summed E-state index contributed by atoms with van der Waals surface area (Å²) in [6.45, 7) is 6.10. The summed E-state index contributed by atoms with van der Waals surface area (Å²) in [5.41, 5.74) is 0.211. The summed E-state index contributed by atoms with van der Waals surface area (Å²) in [6, 6.07) is 6.24. The fourth-order valence-electron chi connectivity index (χ4n) is 4.26. The number of nitrogens with zero attached hydrogens (tertiary/aromatic N) is 2. The monoisotopic (exact) mass is 456 g/mol. The number of hydrogen-bond donors (Lipinski definition) is 0. The summed E-state index contributed by atoms with van der Waals surface area (Å²) in [7, 11) is 0. The van der Waals surface area contributed by atoms with Gasteiger partial charge in [0.05, 0.1) is 0 Å². The van der Waals surface area contributed by atoms with Gasteiger partial charge in [0.15, 0.2) is 0 Å². The molecule has 1 aliphatic carbocycles. The Hall–Kier alpha value is -1.89. The summed E-state index contributed by atoms with van der Waals surface area (Å²) >= 11 is 5.98. The van der Waals surface area contributed by atoms with Crippen LogP contribution in [0.1, 0.15) is 64.9 Å². The Morgan fingerprint density at radius 2 is 1.77 bits per heavy atom. The van der Waals surface area contributed by atoms with Crippen LogP contribution in [0.5, 0.6) is 0 Å². The minimum absolute atomic E-state index is 0.200. The number of carbonyl (C=O) groups is 2. The average molecular weight is 457 g/mol. The molecule has 1 aliphatic heterocycles. The van der Waals surface area contributed by atoms with Crippen LogP contribution < -0.4 is 0 Å². The molecule has 2 aliphatic rings. The zero-order valence-electron chi connectivity index (χ0n) is 18.4. The number of benzene rings is 1. The minimum atomic E-state index is -2.68. The fraction of sp³-hybridized carbons (Fsp3) is 0.652. The molecule has 5 nitrogen and oxygen atoms in total. The Morgan fingerprint density at radius 1 is 1.16 bits per heavy atom. The van der Waals surface area contributed by atoms with E-state index in [1.807, 2.05) is 12.1 Å². The SMILES string of the molecule is CC(C)(C)OC(=O)N1CCC[C@H]1C(=O)N(Cc1ccc(Cl)cc1)C1CCC(F)(F)CC1. The molecule has 0 N–H and O–H groups in total. The van der Waals surface area contributed by atoms with Gasteiger partial charge in [0.1, 0.15) is 11.6 Å². The van der Waals surface area contributed by atoms with Crippen molar-refractivity contribution in [2.24, 2.45) is 0 Å². The summed E-state index contributed by atoms with van der Waals surface area (Å²) in [5, 5.41) is 0.589. The van der Waals surface area contributed by atoms with Crippen LogP contribution in [-0.2, 0) is 16.1 Å². The van der Waals surface area contributed by atoms with Crippen LogP contribution in [0.3, 0.4) is 0 Å². The second kappa shape index (κ2) is 9.31. The highest BCUT2D eigenvalue weighted by Crippen LogP contribution is 2.36. The van der Waals surface area contributed by atoms with E-state index < -0.39 is 23.7 Å². The smallest absolute Gasteiger partial charge is 0.410 e. The largest absolute Gasteiger partial charge is 0.444 e. The Morgan fingerprint density at radius 3 is 2.35 bits per heavy atom. The third-order valence-electron chi connectivity index (χ3n) is 5.84. The van der Waals surface area contributed by atoms with E-state index >= 15 is 0 Å². The summed E-state index contributed by atoms with van der Waals surface area (Å²) in [6.07, 6.45) is 0.748. The number of alkyl halides is 2. The topological polar surface area (TPSA) is 49.9 Å². The maximum absolute atomic E-state index is 13.8. The molecule has 1 saturated carbocycles. The maximum Gasteiger partial charge on any atom is 0.410 e. The Balaban J connectivity index is 1.80. The molecular formula is C23H31ClF2N2O3. The molecule has 1 aromatic carbocycles. The standard InChI is InChI=1S/C23H31ClF2N2O3/c1-22(2,3)31-21(30)27-14-4-5-19(27)20(29)28(15-16-6-8-17(24)9-7-16)18-10-12-23(25,26)13-11-18/h6-9,18-19H,4-5,10-15H2,1-3H3/t19-/m0/s1. The molecule has 3 rings (SSSR count). The van der Waals surface area contributed by atoms with Crippen molar-refractivity contribution in [2.75, 3.05) is 6.54 Å². The predicted octanol–water partition coefficient (Wildman–Crippen LogP) is 5.65. The molecule has 1 heterocycles. The first-order valence-electron chi connectivity index (χ1n) is 10.9. The van der Waals surface area contributed by atoms with Crippen molar-refractivity contribution in [3.8, 4) is 0 Å². The number of halogens is 3. The van der Waals surface area contributed by atoms with Crippen molar-refractivity contribution < 1.29 is 23.1 Å². The van der Waals surface area contributed by atoms with Crippen LogP contribution in [0, 0.1) is 0 Å². The fourth-order valence-corrected chi connectivity index (χ4v) is 4.39. The van der Waals surface area contributed by atoms with E-state index in [0.29, 0.717) is 31.0 Å². The lowest BCUT2D eigenvalue weighted by Crippen LogP contribution is -2.52. The quantitative estimate of drug-likeness (QED) is 0.588. The van der Waals surface area contributed by atoms with E-state index in [4.69, 9.17) is 16.3 Å². The highest BCUT2D eigenvalue weighted by atomic mass is 35.5.